The minimum Gasteiger partial charge on any atom is -0.457 e. The van der Waals surface area contributed by atoms with Crippen LogP contribution in [0, 0.1) is 0 Å². The lowest BCUT2D eigenvalue weighted by Crippen LogP contribution is -2.32. The molecule has 0 saturated heterocycles. The molecule has 0 radical (unpaired) electrons. The first-order valence-electron chi connectivity index (χ1n) is 23.8. The first-order valence-corrected chi connectivity index (χ1v) is 24.6. The van der Waals surface area contributed by atoms with Crippen LogP contribution < -0.4 is 9.64 Å². The van der Waals surface area contributed by atoms with E-state index in [1.54, 1.807) is 0 Å². The van der Waals surface area contributed by atoms with Crippen LogP contribution in [0.25, 0.3) is 44.2 Å². The molecule has 2 spiro atoms. The normalized spacial score (nSPS) is 14.4. The lowest BCUT2D eigenvalue weighted by Gasteiger charge is -2.40. The molecule has 0 amide bonds. The van der Waals surface area contributed by atoms with Crippen molar-refractivity contribution in [1.29, 1.82) is 0 Å². The van der Waals surface area contributed by atoms with Gasteiger partial charge in [-0.2, -0.15) is 0 Å². The minimum atomic E-state index is -0.624. The van der Waals surface area contributed by atoms with E-state index in [1.807, 2.05) is 11.8 Å². The summed E-state index contributed by atoms with van der Waals surface area (Å²) in [6.07, 6.45) is 0. The summed E-state index contributed by atoms with van der Waals surface area (Å²) in [7, 11) is 0. The highest BCUT2D eigenvalue weighted by atomic mass is 32.2. The molecule has 11 aromatic rings. The summed E-state index contributed by atoms with van der Waals surface area (Å²) in [5.74, 6) is 1.77. The van der Waals surface area contributed by atoms with Crippen molar-refractivity contribution in [2.24, 2.45) is 0 Å². The first kappa shape index (κ1) is 38.7. The standard InChI is InChI=1S/C66H41NOS/c1-2-19-42(20-3-1)44-39-40-58(48-23-5-4-21-45(44)48)67(43-37-38-47-46-22-6-8-25-50(46)65(57(47)41-43)52-27-10-14-33-60(52)68-61-34-15-11-28-53(61)65)59-32-18-31-56-64(59)49-24-7-9-26-51(49)66(56)54-29-12-16-35-62(54)69-63-36-17-13-30-55(63)66/h1-41H. The van der Waals surface area contributed by atoms with E-state index in [0.717, 1.165) is 39.7 Å². The van der Waals surface area contributed by atoms with Crippen molar-refractivity contribution in [3.8, 4) is 44.9 Å². The van der Waals surface area contributed by atoms with Gasteiger partial charge in [0.15, 0.2) is 0 Å². The van der Waals surface area contributed by atoms with E-state index < -0.39 is 10.8 Å². The molecular formula is C66H41NOS. The molecular weight excluding hydrogens is 855 g/mol. The third kappa shape index (κ3) is 5.12. The summed E-state index contributed by atoms with van der Waals surface area (Å²) < 4.78 is 6.78. The molecule has 2 aliphatic carbocycles. The second kappa shape index (κ2) is 14.6. The summed E-state index contributed by atoms with van der Waals surface area (Å²) in [5.41, 5.74) is 19.7. The fourth-order valence-corrected chi connectivity index (χ4v) is 14.0. The van der Waals surface area contributed by atoms with Crippen molar-refractivity contribution in [2.45, 2.75) is 20.6 Å². The molecule has 69 heavy (non-hydrogen) atoms. The number of rotatable bonds is 4. The molecule has 0 aromatic heterocycles. The zero-order chi connectivity index (χ0) is 45.3. The Kier molecular flexibility index (Phi) is 8.17. The van der Waals surface area contributed by atoms with Crippen LogP contribution in [-0.4, -0.2) is 0 Å². The lowest BCUT2D eigenvalue weighted by molar-refractivity contribution is 0.436. The Hall–Kier alpha value is -8.37. The van der Waals surface area contributed by atoms with Crippen LogP contribution in [0.3, 0.4) is 0 Å². The Morgan fingerprint density at radius 2 is 0.826 bits per heavy atom. The zero-order valence-corrected chi connectivity index (χ0v) is 38.3. The molecule has 3 heteroatoms. The van der Waals surface area contributed by atoms with E-state index >= 15 is 0 Å². The van der Waals surface area contributed by atoms with Gasteiger partial charge in [-0.05, 0) is 115 Å². The zero-order valence-electron chi connectivity index (χ0n) is 37.4. The molecule has 0 unspecified atom stereocenters. The number of para-hydroxylation sites is 2. The molecule has 15 rings (SSSR count). The van der Waals surface area contributed by atoms with Gasteiger partial charge >= 0.3 is 0 Å². The third-order valence-electron chi connectivity index (χ3n) is 15.4. The molecule has 2 heterocycles. The van der Waals surface area contributed by atoms with Gasteiger partial charge in [-0.3, -0.25) is 0 Å². The van der Waals surface area contributed by atoms with Crippen LogP contribution in [0.1, 0.15) is 44.5 Å². The Balaban J connectivity index is 1.06. The molecule has 11 aromatic carbocycles. The molecule has 4 aliphatic rings. The number of hydrogen-bond donors (Lipinski definition) is 0. The quantitative estimate of drug-likeness (QED) is 0.175. The van der Waals surface area contributed by atoms with E-state index in [2.05, 4.69) is 254 Å². The van der Waals surface area contributed by atoms with Gasteiger partial charge in [0.2, 0.25) is 0 Å². The van der Waals surface area contributed by atoms with Gasteiger partial charge in [-0.25, -0.2) is 0 Å². The predicted molar refractivity (Wildman–Crippen MR) is 283 cm³/mol. The van der Waals surface area contributed by atoms with Crippen molar-refractivity contribution < 1.29 is 4.74 Å². The number of nitrogens with zero attached hydrogens (tertiary/aromatic N) is 1. The second-order valence-electron chi connectivity index (χ2n) is 18.6. The summed E-state index contributed by atoms with van der Waals surface area (Å²) in [6, 6.07) is 92.5. The fourth-order valence-electron chi connectivity index (χ4n) is 12.8. The van der Waals surface area contributed by atoms with E-state index in [-0.39, 0.29) is 0 Å². The van der Waals surface area contributed by atoms with Crippen molar-refractivity contribution in [1.82, 2.24) is 0 Å². The van der Waals surface area contributed by atoms with Crippen molar-refractivity contribution in [2.75, 3.05) is 4.90 Å². The van der Waals surface area contributed by atoms with Gasteiger partial charge < -0.3 is 9.64 Å². The molecule has 0 fully saturated rings. The number of hydrogen-bond acceptors (Lipinski definition) is 3. The van der Waals surface area contributed by atoms with E-state index in [4.69, 9.17) is 4.74 Å². The van der Waals surface area contributed by atoms with Crippen LogP contribution in [0.15, 0.2) is 259 Å². The van der Waals surface area contributed by atoms with Gasteiger partial charge in [-0.15, -0.1) is 0 Å². The van der Waals surface area contributed by atoms with Gasteiger partial charge in [-0.1, -0.05) is 212 Å². The predicted octanol–water partition coefficient (Wildman–Crippen LogP) is 17.3. The Morgan fingerprint density at radius 1 is 0.319 bits per heavy atom. The number of fused-ring (bicyclic) bond motifs is 19. The van der Waals surface area contributed by atoms with Crippen molar-refractivity contribution in [3.63, 3.8) is 0 Å². The Labute approximate surface area is 405 Å². The monoisotopic (exact) mass is 895 g/mol. The summed E-state index contributed by atoms with van der Waals surface area (Å²) >= 11 is 1.89. The van der Waals surface area contributed by atoms with Crippen LogP contribution in [-0.2, 0) is 10.8 Å². The van der Waals surface area contributed by atoms with Gasteiger partial charge in [0.1, 0.15) is 11.5 Å². The molecule has 0 N–H and O–H groups in total. The SMILES string of the molecule is c1ccc(-c2ccc(N(c3ccc4c(c3)C3(c5ccccc5Oc5ccccc53)c3ccccc3-4)c3cccc4c3-c3ccccc3C43c4ccccc4Sc4ccccc43)c3ccccc23)cc1. The largest absolute Gasteiger partial charge is 0.457 e. The van der Waals surface area contributed by atoms with Gasteiger partial charge in [0.05, 0.1) is 22.2 Å². The van der Waals surface area contributed by atoms with E-state index in [0.29, 0.717) is 0 Å². The molecule has 0 atom stereocenters. The smallest absolute Gasteiger partial charge is 0.132 e. The van der Waals surface area contributed by atoms with Crippen LogP contribution in [0.4, 0.5) is 17.1 Å². The van der Waals surface area contributed by atoms with E-state index in [9.17, 15) is 0 Å². The summed E-state index contributed by atoms with van der Waals surface area (Å²) in [4.78, 5) is 5.17. The van der Waals surface area contributed by atoms with Gasteiger partial charge in [0, 0.05) is 37.6 Å². The topological polar surface area (TPSA) is 12.5 Å². The number of ether oxygens (including phenoxy) is 1. The molecule has 2 nitrogen and oxygen atoms in total. The Morgan fingerprint density at radius 3 is 1.54 bits per heavy atom. The lowest BCUT2D eigenvalue weighted by atomic mass is 9.66. The number of benzene rings is 11. The molecule has 2 aliphatic heterocycles. The fraction of sp³-hybridized carbons (Fsp3) is 0.0303. The second-order valence-corrected chi connectivity index (χ2v) is 19.7. The third-order valence-corrected chi connectivity index (χ3v) is 16.6. The maximum atomic E-state index is 6.78. The highest BCUT2D eigenvalue weighted by Crippen LogP contribution is 2.66. The molecule has 0 saturated carbocycles. The molecule has 322 valence electrons. The average molecular weight is 896 g/mol. The highest BCUT2D eigenvalue weighted by Gasteiger charge is 2.53. The van der Waals surface area contributed by atoms with Crippen molar-refractivity contribution >= 4 is 39.6 Å². The first-order chi connectivity index (χ1) is 34.2. The Bertz CT molecular complexity index is 3850. The van der Waals surface area contributed by atoms with Crippen LogP contribution >= 0.6 is 11.8 Å². The maximum Gasteiger partial charge on any atom is 0.132 e. The van der Waals surface area contributed by atoms with Crippen molar-refractivity contribution in [3.05, 3.63) is 293 Å². The number of anilines is 3. The highest BCUT2D eigenvalue weighted by molar-refractivity contribution is 7.99. The van der Waals surface area contributed by atoms with Gasteiger partial charge in [0.25, 0.3) is 0 Å². The maximum absolute atomic E-state index is 6.78. The van der Waals surface area contributed by atoms with E-state index in [1.165, 1.54) is 87.3 Å². The summed E-state index contributed by atoms with van der Waals surface area (Å²) in [5, 5.41) is 2.39. The molecule has 0 bridgehead atoms. The van der Waals surface area contributed by atoms with Crippen LogP contribution in [0.5, 0.6) is 11.5 Å². The summed E-state index contributed by atoms with van der Waals surface area (Å²) in [6.45, 7) is 0. The average Bonchev–Trinajstić information content (AvgIpc) is 3.87. The van der Waals surface area contributed by atoms with Crippen LogP contribution in [0.2, 0.25) is 0 Å². The minimum absolute atomic E-state index is 0.523.